The zero-order chi connectivity index (χ0) is 17.4. The minimum Gasteiger partial charge on any atom is -0.347 e. The molecule has 0 aliphatic carbocycles. The van der Waals surface area contributed by atoms with Gasteiger partial charge in [0.25, 0.3) is 11.8 Å². The summed E-state index contributed by atoms with van der Waals surface area (Å²) < 4.78 is 2.11. The van der Waals surface area contributed by atoms with E-state index < -0.39 is 17.8 Å². The summed E-state index contributed by atoms with van der Waals surface area (Å²) in [6.07, 6.45) is 4.50. The molecule has 0 bridgehead atoms. The summed E-state index contributed by atoms with van der Waals surface area (Å²) in [7, 11) is 2.75. The molecule has 2 heterocycles. The maximum atomic E-state index is 12.3. The van der Waals surface area contributed by atoms with Crippen molar-refractivity contribution in [2.24, 2.45) is 0 Å². The highest BCUT2D eigenvalue weighted by atomic mass is 16.2. The van der Waals surface area contributed by atoms with Crippen LogP contribution in [0.25, 0.3) is 17.0 Å². The van der Waals surface area contributed by atoms with Crippen molar-refractivity contribution in [2.45, 2.75) is 19.9 Å². The Morgan fingerprint density at radius 1 is 1.00 bits per heavy atom. The summed E-state index contributed by atoms with van der Waals surface area (Å²) in [4.78, 5) is 38.4. The fourth-order valence-corrected chi connectivity index (χ4v) is 2.95. The van der Waals surface area contributed by atoms with E-state index in [1.54, 1.807) is 6.08 Å². The number of barbiturate groups is 1. The summed E-state index contributed by atoms with van der Waals surface area (Å²) in [5.74, 6) is -1.15. The van der Waals surface area contributed by atoms with Crippen molar-refractivity contribution in [2.75, 3.05) is 14.1 Å². The number of likely N-dealkylation sites (N-methyl/N-ethyl adjacent to an activating group) is 2. The molecule has 1 aromatic carbocycles. The molecule has 1 aromatic heterocycles. The SMILES string of the molecule is CCCn1cc(C=C2C(=O)N(C)C(=O)N(C)C2=O)c2ccccc21. The number of aromatic nitrogens is 1. The fourth-order valence-electron chi connectivity index (χ4n) is 2.95. The lowest BCUT2D eigenvalue weighted by Gasteiger charge is -2.28. The molecule has 0 N–H and O–H groups in total. The first kappa shape index (κ1) is 16.0. The molecule has 6 heteroatoms. The average Bonchev–Trinajstić information content (AvgIpc) is 2.93. The predicted molar refractivity (Wildman–Crippen MR) is 91.1 cm³/mol. The van der Waals surface area contributed by atoms with Crippen LogP contribution in [0.2, 0.25) is 0 Å². The first-order valence-corrected chi connectivity index (χ1v) is 7.85. The molecular formula is C18H19N3O3. The monoisotopic (exact) mass is 325 g/mol. The highest BCUT2D eigenvalue weighted by Gasteiger charge is 2.37. The lowest BCUT2D eigenvalue weighted by molar-refractivity contribution is -0.134. The van der Waals surface area contributed by atoms with Crippen LogP contribution in [-0.4, -0.2) is 46.3 Å². The van der Waals surface area contributed by atoms with Gasteiger partial charge in [-0.05, 0) is 18.6 Å². The van der Waals surface area contributed by atoms with Crippen LogP contribution in [0, 0.1) is 0 Å². The fraction of sp³-hybridized carbons (Fsp3) is 0.278. The van der Waals surface area contributed by atoms with Gasteiger partial charge in [0, 0.05) is 43.3 Å². The van der Waals surface area contributed by atoms with E-state index in [-0.39, 0.29) is 5.57 Å². The Morgan fingerprint density at radius 2 is 1.62 bits per heavy atom. The zero-order valence-corrected chi connectivity index (χ0v) is 13.9. The molecule has 6 nitrogen and oxygen atoms in total. The third kappa shape index (κ3) is 2.40. The molecular weight excluding hydrogens is 306 g/mol. The maximum Gasteiger partial charge on any atom is 0.333 e. The molecule has 0 spiro atoms. The number of urea groups is 1. The number of amides is 4. The van der Waals surface area contributed by atoms with Crippen LogP contribution in [0.4, 0.5) is 4.79 Å². The summed E-state index contributed by atoms with van der Waals surface area (Å²) in [6, 6.07) is 7.24. The average molecular weight is 325 g/mol. The number of carbonyl (C=O) groups is 3. The molecule has 0 saturated carbocycles. The van der Waals surface area contributed by atoms with Crippen molar-refractivity contribution in [1.29, 1.82) is 0 Å². The minimum absolute atomic E-state index is 0.000925. The Kier molecular flexibility index (Phi) is 3.97. The lowest BCUT2D eigenvalue weighted by Crippen LogP contribution is -2.52. The molecule has 4 amide bonds. The van der Waals surface area contributed by atoms with Gasteiger partial charge in [0.1, 0.15) is 5.57 Å². The molecule has 1 aliphatic heterocycles. The molecule has 1 saturated heterocycles. The van der Waals surface area contributed by atoms with Crippen molar-refractivity contribution >= 4 is 34.8 Å². The Bertz CT molecular complexity index is 853. The van der Waals surface area contributed by atoms with E-state index in [9.17, 15) is 14.4 Å². The topological polar surface area (TPSA) is 62.6 Å². The van der Waals surface area contributed by atoms with Crippen LogP contribution in [0.15, 0.2) is 36.0 Å². The largest absolute Gasteiger partial charge is 0.347 e. The van der Waals surface area contributed by atoms with Gasteiger partial charge in [-0.25, -0.2) is 4.79 Å². The molecule has 1 aliphatic rings. The normalized spacial score (nSPS) is 15.6. The molecule has 3 rings (SSSR count). The number of hydrogen-bond acceptors (Lipinski definition) is 3. The van der Waals surface area contributed by atoms with Crippen molar-refractivity contribution < 1.29 is 14.4 Å². The van der Waals surface area contributed by atoms with Gasteiger partial charge < -0.3 is 4.57 Å². The van der Waals surface area contributed by atoms with Gasteiger partial charge in [-0.2, -0.15) is 0 Å². The van der Waals surface area contributed by atoms with E-state index in [1.165, 1.54) is 14.1 Å². The van der Waals surface area contributed by atoms with Gasteiger partial charge >= 0.3 is 6.03 Å². The van der Waals surface area contributed by atoms with E-state index >= 15 is 0 Å². The molecule has 0 unspecified atom stereocenters. The molecule has 2 aromatic rings. The van der Waals surface area contributed by atoms with E-state index in [1.807, 2.05) is 30.5 Å². The summed E-state index contributed by atoms with van der Waals surface area (Å²) in [6.45, 7) is 2.94. The van der Waals surface area contributed by atoms with E-state index in [2.05, 4.69) is 11.5 Å². The number of rotatable bonds is 3. The lowest BCUT2D eigenvalue weighted by atomic mass is 10.1. The zero-order valence-electron chi connectivity index (χ0n) is 13.9. The quantitative estimate of drug-likeness (QED) is 0.643. The van der Waals surface area contributed by atoms with Gasteiger partial charge in [-0.1, -0.05) is 25.1 Å². The van der Waals surface area contributed by atoms with Crippen LogP contribution in [0.3, 0.4) is 0 Å². The van der Waals surface area contributed by atoms with Gasteiger partial charge in [0.05, 0.1) is 0 Å². The predicted octanol–water partition coefficient (Wildman–Crippen LogP) is 2.49. The van der Waals surface area contributed by atoms with Crippen molar-refractivity contribution in [3.63, 3.8) is 0 Å². The van der Waals surface area contributed by atoms with Crippen LogP contribution in [-0.2, 0) is 16.1 Å². The number of para-hydroxylation sites is 1. The molecule has 0 radical (unpaired) electrons. The first-order valence-electron chi connectivity index (χ1n) is 7.85. The second kappa shape index (κ2) is 5.96. The van der Waals surface area contributed by atoms with E-state index in [0.29, 0.717) is 0 Å². The summed E-state index contributed by atoms with van der Waals surface area (Å²) in [5.41, 5.74) is 1.85. The van der Waals surface area contributed by atoms with Gasteiger partial charge in [0.15, 0.2) is 0 Å². The van der Waals surface area contributed by atoms with Crippen molar-refractivity contribution in [3.05, 3.63) is 41.6 Å². The van der Waals surface area contributed by atoms with Crippen LogP contribution in [0.5, 0.6) is 0 Å². The van der Waals surface area contributed by atoms with Gasteiger partial charge in [-0.3, -0.25) is 19.4 Å². The Labute approximate surface area is 139 Å². The number of imide groups is 2. The second-order valence-corrected chi connectivity index (χ2v) is 5.86. The number of nitrogens with zero attached hydrogens (tertiary/aromatic N) is 3. The minimum atomic E-state index is -0.615. The van der Waals surface area contributed by atoms with E-state index in [4.69, 9.17) is 0 Å². The number of carbonyl (C=O) groups excluding carboxylic acids is 3. The maximum absolute atomic E-state index is 12.3. The smallest absolute Gasteiger partial charge is 0.333 e. The Hall–Kier alpha value is -2.89. The molecule has 1 fully saturated rings. The Balaban J connectivity index is 2.14. The van der Waals surface area contributed by atoms with Crippen molar-refractivity contribution in [1.82, 2.24) is 14.4 Å². The number of fused-ring (bicyclic) bond motifs is 1. The van der Waals surface area contributed by atoms with E-state index in [0.717, 1.165) is 39.2 Å². The first-order chi connectivity index (χ1) is 11.5. The van der Waals surface area contributed by atoms with Crippen LogP contribution in [0.1, 0.15) is 18.9 Å². The standard InChI is InChI=1S/C18H19N3O3/c1-4-9-21-11-12(13-7-5-6-8-15(13)21)10-14-16(22)19(2)18(24)20(3)17(14)23/h5-8,10-11H,4,9H2,1-3H3. The van der Waals surface area contributed by atoms with Crippen LogP contribution >= 0.6 is 0 Å². The third-order valence-corrected chi connectivity index (χ3v) is 4.23. The van der Waals surface area contributed by atoms with Crippen molar-refractivity contribution in [3.8, 4) is 0 Å². The van der Waals surface area contributed by atoms with Crippen LogP contribution < -0.4 is 0 Å². The molecule has 124 valence electrons. The number of hydrogen-bond donors (Lipinski definition) is 0. The Morgan fingerprint density at radius 3 is 2.25 bits per heavy atom. The second-order valence-electron chi connectivity index (χ2n) is 5.86. The summed E-state index contributed by atoms with van der Waals surface area (Å²) in [5, 5.41) is 0.973. The number of benzene rings is 1. The number of aryl methyl sites for hydroxylation is 1. The molecule has 24 heavy (non-hydrogen) atoms. The highest BCUT2D eigenvalue weighted by Crippen LogP contribution is 2.26. The third-order valence-electron chi connectivity index (χ3n) is 4.23. The highest BCUT2D eigenvalue weighted by molar-refractivity contribution is 6.31. The summed E-state index contributed by atoms with van der Waals surface area (Å²) >= 11 is 0. The van der Waals surface area contributed by atoms with Gasteiger partial charge in [-0.15, -0.1) is 0 Å². The molecule has 0 atom stereocenters. The van der Waals surface area contributed by atoms with Gasteiger partial charge in [0.2, 0.25) is 0 Å².